The van der Waals surface area contributed by atoms with Crippen molar-refractivity contribution in [1.82, 2.24) is 15.5 Å². The van der Waals surface area contributed by atoms with Gasteiger partial charge in [0.1, 0.15) is 0 Å². The summed E-state index contributed by atoms with van der Waals surface area (Å²) >= 11 is 0. The van der Waals surface area contributed by atoms with Gasteiger partial charge in [-0.05, 0) is 64.6 Å². The smallest absolute Gasteiger partial charge is 0.237 e. The first kappa shape index (κ1) is 14.8. The number of piperidine rings is 1. The highest BCUT2D eigenvalue weighted by atomic mass is 16.2. The number of rotatable bonds is 4. The van der Waals surface area contributed by atoms with Crippen LogP contribution in [0.15, 0.2) is 0 Å². The summed E-state index contributed by atoms with van der Waals surface area (Å²) in [6.45, 7) is 10.7. The van der Waals surface area contributed by atoms with Gasteiger partial charge in [0.2, 0.25) is 5.91 Å². The van der Waals surface area contributed by atoms with Crippen molar-refractivity contribution < 1.29 is 4.79 Å². The number of likely N-dealkylation sites (tertiary alicyclic amines) is 1. The molecule has 0 aromatic heterocycles. The Kier molecular flexibility index (Phi) is 4.85. The highest BCUT2D eigenvalue weighted by Gasteiger charge is 2.41. The van der Waals surface area contributed by atoms with Gasteiger partial charge >= 0.3 is 0 Å². The molecule has 2 rings (SSSR count). The zero-order valence-electron chi connectivity index (χ0n) is 12.7. The Balaban J connectivity index is 1.87. The number of carbonyl (C=O) groups is 1. The van der Waals surface area contributed by atoms with Crippen LogP contribution in [-0.4, -0.2) is 49.1 Å². The van der Waals surface area contributed by atoms with E-state index in [0.29, 0.717) is 5.41 Å². The minimum atomic E-state index is 0.0169. The third-order valence-corrected chi connectivity index (χ3v) is 5.06. The fraction of sp³-hybridized carbons (Fsp3) is 0.933. The lowest BCUT2D eigenvalue weighted by Crippen LogP contribution is -2.48. The van der Waals surface area contributed by atoms with Crippen LogP contribution in [0.1, 0.15) is 46.5 Å². The summed E-state index contributed by atoms with van der Waals surface area (Å²) < 4.78 is 0. The van der Waals surface area contributed by atoms with Crippen molar-refractivity contribution in [3.63, 3.8) is 0 Å². The molecule has 0 aromatic carbocycles. The van der Waals surface area contributed by atoms with Crippen molar-refractivity contribution in [3.8, 4) is 0 Å². The molecule has 4 nitrogen and oxygen atoms in total. The third kappa shape index (κ3) is 3.48. The predicted octanol–water partition coefficient (Wildman–Crippen LogP) is 1.37. The van der Waals surface area contributed by atoms with E-state index < -0.39 is 0 Å². The lowest BCUT2D eigenvalue weighted by atomic mass is 9.78. The van der Waals surface area contributed by atoms with E-state index in [9.17, 15) is 4.79 Å². The zero-order valence-corrected chi connectivity index (χ0v) is 12.7. The molecular formula is C15H29N3O. The first-order valence-corrected chi connectivity index (χ1v) is 7.81. The minimum Gasteiger partial charge on any atom is -0.352 e. The monoisotopic (exact) mass is 267 g/mol. The van der Waals surface area contributed by atoms with Crippen molar-refractivity contribution in [3.05, 3.63) is 0 Å². The fourth-order valence-electron chi connectivity index (χ4n) is 3.30. The summed E-state index contributed by atoms with van der Waals surface area (Å²) in [5, 5.41) is 6.54. The molecule has 2 saturated heterocycles. The molecule has 2 fully saturated rings. The molecule has 19 heavy (non-hydrogen) atoms. The van der Waals surface area contributed by atoms with Gasteiger partial charge in [0, 0.05) is 12.6 Å². The second-order valence-electron chi connectivity index (χ2n) is 6.46. The highest BCUT2D eigenvalue weighted by molar-refractivity contribution is 5.81. The van der Waals surface area contributed by atoms with Gasteiger partial charge in [-0.2, -0.15) is 0 Å². The van der Waals surface area contributed by atoms with Crippen LogP contribution >= 0.6 is 0 Å². The van der Waals surface area contributed by atoms with Crippen LogP contribution in [0.4, 0.5) is 0 Å². The molecule has 2 aliphatic rings. The van der Waals surface area contributed by atoms with Gasteiger partial charge in [0.05, 0.1) is 6.04 Å². The number of amides is 1. The molecule has 110 valence electrons. The summed E-state index contributed by atoms with van der Waals surface area (Å²) in [5.41, 5.74) is 0.482. The largest absolute Gasteiger partial charge is 0.352 e. The molecule has 2 unspecified atom stereocenters. The maximum Gasteiger partial charge on any atom is 0.237 e. The van der Waals surface area contributed by atoms with Crippen molar-refractivity contribution >= 4 is 5.91 Å². The lowest BCUT2D eigenvalue weighted by Gasteiger charge is -2.34. The molecule has 0 radical (unpaired) electrons. The molecule has 4 heteroatoms. The molecule has 2 atom stereocenters. The number of hydrogen-bond acceptors (Lipinski definition) is 3. The van der Waals surface area contributed by atoms with E-state index in [4.69, 9.17) is 0 Å². The highest BCUT2D eigenvalue weighted by Crippen LogP contribution is 2.39. The molecule has 0 aliphatic carbocycles. The topological polar surface area (TPSA) is 44.4 Å². The van der Waals surface area contributed by atoms with Gasteiger partial charge in [-0.15, -0.1) is 0 Å². The van der Waals surface area contributed by atoms with Gasteiger partial charge in [0.15, 0.2) is 0 Å². The van der Waals surface area contributed by atoms with Crippen molar-refractivity contribution in [1.29, 1.82) is 0 Å². The SMILES string of the molecule is CCC(C)NC(=O)C(C)N1CCC2(CCNCC2)C1. The molecule has 2 heterocycles. The lowest BCUT2D eigenvalue weighted by molar-refractivity contribution is -0.126. The van der Waals surface area contributed by atoms with E-state index in [1.807, 2.05) is 0 Å². The van der Waals surface area contributed by atoms with Gasteiger partial charge < -0.3 is 10.6 Å². The Labute approximate surface area is 117 Å². The second-order valence-corrected chi connectivity index (χ2v) is 6.46. The fourth-order valence-corrected chi connectivity index (χ4v) is 3.30. The molecule has 0 saturated carbocycles. The Bertz CT molecular complexity index is 313. The van der Waals surface area contributed by atoms with Gasteiger partial charge in [-0.3, -0.25) is 9.69 Å². The molecule has 2 N–H and O–H groups in total. The molecule has 2 aliphatic heterocycles. The Hall–Kier alpha value is -0.610. The van der Waals surface area contributed by atoms with Crippen molar-refractivity contribution in [2.24, 2.45) is 5.41 Å². The second kappa shape index (κ2) is 6.23. The third-order valence-electron chi connectivity index (χ3n) is 5.06. The average Bonchev–Trinajstić information content (AvgIpc) is 2.82. The Morgan fingerprint density at radius 1 is 1.32 bits per heavy atom. The van der Waals surface area contributed by atoms with Gasteiger partial charge in [-0.25, -0.2) is 0 Å². The van der Waals surface area contributed by atoms with E-state index in [-0.39, 0.29) is 18.0 Å². The van der Waals surface area contributed by atoms with Crippen LogP contribution < -0.4 is 10.6 Å². The Morgan fingerprint density at radius 3 is 2.63 bits per heavy atom. The summed E-state index contributed by atoms with van der Waals surface area (Å²) in [5.74, 6) is 0.195. The zero-order chi connectivity index (χ0) is 13.9. The predicted molar refractivity (Wildman–Crippen MR) is 78.1 cm³/mol. The van der Waals surface area contributed by atoms with Gasteiger partial charge in [0.25, 0.3) is 0 Å². The van der Waals surface area contributed by atoms with E-state index in [1.165, 1.54) is 19.3 Å². The quantitative estimate of drug-likeness (QED) is 0.808. The van der Waals surface area contributed by atoms with Crippen LogP contribution in [0.3, 0.4) is 0 Å². The summed E-state index contributed by atoms with van der Waals surface area (Å²) in [4.78, 5) is 14.6. The molecule has 0 aromatic rings. The summed E-state index contributed by atoms with van der Waals surface area (Å²) in [6, 6.07) is 0.300. The van der Waals surface area contributed by atoms with E-state index >= 15 is 0 Å². The minimum absolute atomic E-state index is 0.0169. The first-order chi connectivity index (χ1) is 9.06. The van der Waals surface area contributed by atoms with E-state index in [1.54, 1.807) is 0 Å². The van der Waals surface area contributed by atoms with Crippen LogP contribution in [0.2, 0.25) is 0 Å². The maximum atomic E-state index is 12.2. The van der Waals surface area contributed by atoms with Crippen LogP contribution in [0.25, 0.3) is 0 Å². The number of nitrogens with one attached hydrogen (secondary N) is 2. The van der Waals surface area contributed by atoms with E-state index in [2.05, 4.69) is 36.3 Å². The summed E-state index contributed by atoms with van der Waals surface area (Å²) in [7, 11) is 0. The van der Waals surface area contributed by atoms with Crippen LogP contribution in [-0.2, 0) is 4.79 Å². The van der Waals surface area contributed by atoms with Crippen molar-refractivity contribution in [2.45, 2.75) is 58.5 Å². The van der Waals surface area contributed by atoms with Crippen LogP contribution in [0, 0.1) is 5.41 Å². The first-order valence-electron chi connectivity index (χ1n) is 7.81. The molecular weight excluding hydrogens is 238 g/mol. The normalized spacial score (nSPS) is 26.3. The van der Waals surface area contributed by atoms with E-state index in [0.717, 1.165) is 32.6 Å². The standard InChI is InChI=1S/C15H29N3O/c1-4-12(2)17-14(19)13(3)18-10-7-15(11-18)5-8-16-9-6-15/h12-13,16H,4-11H2,1-3H3,(H,17,19). The van der Waals surface area contributed by atoms with Crippen molar-refractivity contribution in [2.75, 3.05) is 26.2 Å². The van der Waals surface area contributed by atoms with Gasteiger partial charge in [-0.1, -0.05) is 6.92 Å². The molecule has 1 amide bonds. The Morgan fingerprint density at radius 2 is 2.00 bits per heavy atom. The number of carbonyl (C=O) groups excluding carboxylic acids is 1. The maximum absolute atomic E-state index is 12.2. The number of nitrogens with zero attached hydrogens (tertiary/aromatic N) is 1. The molecule has 1 spiro atoms. The van der Waals surface area contributed by atoms with Crippen LogP contribution in [0.5, 0.6) is 0 Å². The average molecular weight is 267 g/mol. The summed E-state index contributed by atoms with van der Waals surface area (Å²) in [6.07, 6.45) is 4.79. The number of hydrogen-bond donors (Lipinski definition) is 2. The molecule has 0 bridgehead atoms.